The minimum absolute atomic E-state index is 0.0503. The van der Waals surface area contributed by atoms with Crippen molar-refractivity contribution in [2.45, 2.75) is 33.9 Å². The van der Waals surface area contributed by atoms with Gasteiger partial charge in [0.2, 0.25) is 12.3 Å². The van der Waals surface area contributed by atoms with Crippen LogP contribution in [0.3, 0.4) is 0 Å². The Morgan fingerprint density at radius 1 is 1.23 bits per heavy atom. The topological polar surface area (TPSA) is 87.5 Å². The van der Waals surface area contributed by atoms with Crippen molar-refractivity contribution in [1.82, 2.24) is 4.90 Å². The molecule has 0 unspecified atom stereocenters. The van der Waals surface area contributed by atoms with Gasteiger partial charge in [0.1, 0.15) is 0 Å². The number of halogens is 3. The SMILES string of the molecule is CC.CCN(C)CC.CNc1cc(C(N)=O)cc(C(F)(F)F)c1NC=O. The van der Waals surface area contributed by atoms with Crippen molar-refractivity contribution in [3.8, 4) is 0 Å². The molecule has 0 spiro atoms. The van der Waals surface area contributed by atoms with Crippen LogP contribution < -0.4 is 16.4 Å². The predicted molar refractivity (Wildman–Crippen MR) is 99.4 cm³/mol. The maximum atomic E-state index is 12.8. The van der Waals surface area contributed by atoms with Gasteiger partial charge in [0.25, 0.3) is 0 Å². The maximum absolute atomic E-state index is 12.8. The van der Waals surface area contributed by atoms with Gasteiger partial charge in [0, 0.05) is 12.6 Å². The quantitative estimate of drug-likeness (QED) is 0.662. The highest BCUT2D eigenvalue weighted by molar-refractivity contribution is 5.97. The molecule has 9 heteroatoms. The molecule has 0 atom stereocenters. The van der Waals surface area contributed by atoms with E-state index in [1.165, 1.54) is 7.05 Å². The number of nitrogens with zero attached hydrogens (tertiary/aromatic N) is 1. The molecule has 0 saturated heterocycles. The van der Waals surface area contributed by atoms with Gasteiger partial charge in [0.05, 0.1) is 16.9 Å². The molecule has 150 valence electrons. The van der Waals surface area contributed by atoms with E-state index in [9.17, 15) is 22.8 Å². The van der Waals surface area contributed by atoms with Crippen LogP contribution in [-0.4, -0.2) is 44.4 Å². The molecule has 0 saturated carbocycles. The molecule has 0 fully saturated rings. The summed E-state index contributed by atoms with van der Waals surface area (Å²) >= 11 is 0. The number of rotatable bonds is 6. The Balaban J connectivity index is 0. The van der Waals surface area contributed by atoms with Gasteiger partial charge in [-0.1, -0.05) is 27.7 Å². The average Bonchev–Trinajstić information content (AvgIpc) is 2.62. The number of carbonyl (C=O) groups excluding carboxylic acids is 2. The van der Waals surface area contributed by atoms with E-state index in [1.54, 1.807) is 0 Å². The molecule has 0 bridgehead atoms. The Hall–Kier alpha value is -2.29. The maximum Gasteiger partial charge on any atom is 0.418 e. The van der Waals surface area contributed by atoms with E-state index >= 15 is 0 Å². The second-order valence-electron chi connectivity index (χ2n) is 4.81. The molecule has 0 aliphatic rings. The third-order valence-electron chi connectivity index (χ3n) is 3.28. The molecule has 1 aromatic carbocycles. The Morgan fingerprint density at radius 3 is 2.00 bits per heavy atom. The predicted octanol–water partition coefficient (Wildman–Crippen LogP) is 3.40. The van der Waals surface area contributed by atoms with Crippen molar-refractivity contribution in [1.29, 1.82) is 0 Å². The second-order valence-corrected chi connectivity index (χ2v) is 4.81. The van der Waals surface area contributed by atoms with E-state index in [1.807, 2.05) is 19.2 Å². The van der Waals surface area contributed by atoms with Gasteiger partial charge in [-0.15, -0.1) is 0 Å². The normalized spacial score (nSPS) is 10.1. The average molecular weight is 378 g/mol. The summed E-state index contributed by atoms with van der Waals surface area (Å²) in [6.07, 6.45) is -4.60. The van der Waals surface area contributed by atoms with E-state index in [0.29, 0.717) is 6.07 Å². The van der Waals surface area contributed by atoms with Crippen LogP contribution in [0.4, 0.5) is 24.5 Å². The number of amides is 2. The van der Waals surface area contributed by atoms with Gasteiger partial charge in [0.15, 0.2) is 0 Å². The summed E-state index contributed by atoms with van der Waals surface area (Å²) in [6, 6.07) is 1.72. The van der Waals surface area contributed by atoms with E-state index < -0.39 is 23.3 Å². The molecule has 26 heavy (non-hydrogen) atoms. The van der Waals surface area contributed by atoms with Gasteiger partial charge in [-0.3, -0.25) is 9.59 Å². The van der Waals surface area contributed by atoms with Crippen LogP contribution in [0.2, 0.25) is 0 Å². The lowest BCUT2D eigenvalue weighted by atomic mass is 10.1. The van der Waals surface area contributed by atoms with Crippen molar-refractivity contribution in [2.24, 2.45) is 5.73 Å². The first-order valence-electron chi connectivity index (χ1n) is 8.23. The number of alkyl halides is 3. The Bertz CT molecular complexity index is 560. The second kappa shape index (κ2) is 13.0. The van der Waals surface area contributed by atoms with Gasteiger partial charge in [-0.05, 0) is 32.3 Å². The van der Waals surface area contributed by atoms with E-state index in [-0.39, 0.29) is 17.7 Å². The first-order valence-corrected chi connectivity index (χ1v) is 8.23. The molecule has 2 amide bonds. The lowest BCUT2D eigenvalue weighted by Crippen LogP contribution is -2.17. The van der Waals surface area contributed by atoms with E-state index in [4.69, 9.17) is 5.73 Å². The minimum Gasteiger partial charge on any atom is -0.386 e. The number of hydrogen-bond acceptors (Lipinski definition) is 4. The molecule has 0 heterocycles. The summed E-state index contributed by atoms with van der Waals surface area (Å²) in [5.74, 6) is -0.991. The molecule has 6 nitrogen and oxygen atoms in total. The fraction of sp³-hybridized carbons (Fsp3) is 0.529. The third kappa shape index (κ3) is 8.70. The summed E-state index contributed by atoms with van der Waals surface area (Å²) in [6.45, 7) is 10.6. The molecule has 0 radical (unpaired) electrons. The highest BCUT2D eigenvalue weighted by Gasteiger charge is 2.35. The lowest BCUT2D eigenvalue weighted by molar-refractivity contribution is -0.136. The smallest absolute Gasteiger partial charge is 0.386 e. The van der Waals surface area contributed by atoms with Crippen LogP contribution in [0.25, 0.3) is 0 Å². The summed E-state index contributed by atoms with van der Waals surface area (Å²) in [7, 11) is 3.47. The van der Waals surface area contributed by atoms with Crippen LogP contribution in [0, 0.1) is 0 Å². The van der Waals surface area contributed by atoms with Gasteiger partial charge < -0.3 is 21.3 Å². The van der Waals surface area contributed by atoms with Crippen molar-refractivity contribution in [3.05, 3.63) is 23.3 Å². The summed E-state index contributed by atoms with van der Waals surface area (Å²) in [5, 5.41) is 4.41. The zero-order valence-electron chi connectivity index (χ0n) is 16.1. The highest BCUT2D eigenvalue weighted by atomic mass is 19.4. The zero-order chi connectivity index (χ0) is 20.9. The molecule has 4 N–H and O–H groups in total. The third-order valence-corrected chi connectivity index (χ3v) is 3.28. The van der Waals surface area contributed by atoms with E-state index in [0.717, 1.165) is 19.2 Å². The van der Waals surface area contributed by atoms with Gasteiger partial charge in [-0.25, -0.2) is 0 Å². The number of anilines is 2. The van der Waals surface area contributed by atoms with Crippen LogP contribution in [0.5, 0.6) is 0 Å². The van der Waals surface area contributed by atoms with Gasteiger partial charge >= 0.3 is 6.18 Å². The number of hydrogen-bond donors (Lipinski definition) is 3. The Labute approximate surface area is 152 Å². The zero-order valence-corrected chi connectivity index (χ0v) is 16.1. The fourth-order valence-electron chi connectivity index (χ4n) is 1.64. The minimum atomic E-state index is -4.72. The Morgan fingerprint density at radius 2 is 1.73 bits per heavy atom. The highest BCUT2D eigenvalue weighted by Crippen LogP contribution is 2.39. The summed E-state index contributed by atoms with van der Waals surface area (Å²) < 4.78 is 38.4. The largest absolute Gasteiger partial charge is 0.418 e. The molecular formula is C17H29F3N4O2. The van der Waals surface area contributed by atoms with Crippen molar-refractivity contribution in [3.63, 3.8) is 0 Å². The van der Waals surface area contributed by atoms with Crippen molar-refractivity contribution >= 4 is 23.7 Å². The number of nitrogens with one attached hydrogen (secondary N) is 2. The molecule has 0 aliphatic heterocycles. The molecule has 0 aromatic heterocycles. The number of nitrogens with two attached hydrogens (primary N) is 1. The van der Waals surface area contributed by atoms with Gasteiger partial charge in [-0.2, -0.15) is 13.2 Å². The summed E-state index contributed by atoms with van der Waals surface area (Å²) in [4.78, 5) is 23.5. The number of primary amides is 1. The van der Waals surface area contributed by atoms with Crippen LogP contribution in [0.15, 0.2) is 12.1 Å². The van der Waals surface area contributed by atoms with Crippen LogP contribution >= 0.6 is 0 Å². The Kier molecular flexibility index (Phi) is 13.0. The fourth-order valence-corrected chi connectivity index (χ4v) is 1.64. The molecule has 0 aliphatic carbocycles. The summed E-state index contributed by atoms with van der Waals surface area (Å²) in [5.41, 5.74) is 3.00. The first-order chi connectivity index (χ1) is 12.1. The molecular weight excluding hydrogens is 349 g/mol. The van der Waals surface area contributed by atoms with E-state index in [2.05, 4.69) is 31.1 Å². The first kappa shape index (κ1) is 25.9. The lowest BCUT2D eigenvalue weighted by Gasteiger charge is -2.17. The number of benzene rings is 1. The van der Waals surface area contributed by atoms with Crippen LogP contribution in [-0.2, 0) is 11.0 Å². The van der Waals surface area contributed by atoms with Crippen molar-refractivity contribution in [2.75, 3.05) is 37.8 Å². The number of carbonyl (C=O) groups is 2. The van der Waals surface area contributed by atoms with Crippen LogP contribution in [0.1, 0.15) is 43.6 Å². The standard InChI is InChI=1S/C10H10F3N3O2.C5H13N.C2H6/c1-15-7-3-5(9(14)18)2-6(10(11,12)13)8(7)16-4-17;1-4-6(3)5-2;1-2/h2-4,15H,1H3,(H2,14,18)(H,16,17);4-5H2,1-3H3;1-2H3. The van der Waals surface area contributed by atoms with Crippen molar-refractivity contribution < 1.29 is 22.8 Å². The molecule has 1 aromatic rings. The monoisotopic (exact) mass is 378 g/mol. The molecule has 1 rings (SSSR count).